The maximum atomic E-state index is 11.6. The summed E-state index contributed by atoms with van der Waals surface area (Å²) in [5.74, 6) is 0.416. The molecule has 1 heterocycles. The molecule has 0 aliphatic carbocycles. The maximum Gasteiger partial charge on any atom is 0.320 e. The molecule has 1 aliphatic rings. The highest BCUT2D eigenvalue weighted by Crippen LogP contribution is 2.15. The van der Waals surface area contributed by atoms with E-state index in [0.29, 0.717) is 18.5 Å². The molecule has 17 heavy (non-hydrogen) atoms. The van der Waals surface area contributed by atoms with Gasteiger partial charge in [-0.05, 0) is 46.7 Å². The highest BCUT2D eigenvalue weighted by molar-refractivity contribution is 5.72. The van der Waals surface area contributed by atoms with Gasteiger partial charge in [-0.2, -0.15) is 0 Å². The Kier molecular flexibility index (Phi) is 4.95. The van der Waals surface area contributed by atoms with Crippen LogP contribution in [0.2, 0.25) is 0 Å². The van der Waals surface area contributed by atoms with Crippen molar-refractivity contribution >= 4 is 5.97 Å². The summed E-state index contributed by atoms with van der Waals surface area (Å²) < 4.78 is 5.27. The lowest BCUT2D eigenvalue weighted by atomic mass is 9.94. The first kappa shape index (κ1) is 14.5. The van der Waals surface area contributed by atoms with Crippen LogP contribution < -0.4 is 5.32 Å². The second-order valence-electron chi connectivity index (χ2n) is 6.10. The van der Waals surface area contributed by atoms with Crippen molar-refractivity contribution in [2.75, 3.05) is 26.7 Å². The summed E-state index contributed by atoms with van der Waals surface area (Å²) in [5.41, 5.74) is -0.392. The predicted molar refractivity (Wildman–Crippen MR) is 68.9 cm³/mol. The Morgan fingerprint density at radius 2 is 2.12 bits per heavy atom. The van der Waals surface area contributed by atoms with Crippen LogP contribution in [0, 0.1) is 5.92 Å². The number of nitrogens with zero attached hydrogens (tertiary/aromatic N) is 1. The van der Waals surface area contributed by atoms with Gasteiger partial charge in [-0.15, -0.1) is 0 Å². The molecule has 0 amide bonds. The average molecular weight is 242 g/mol. The second-order valence-corrected chi connectivity index (χ2v) is 6.10. The molecule has 1 aliphatic heterocycles. The van der Waals surface area contributed by atoms with Gasteiger partial charge in [0.2, 0.25) is 0 Å². The minimum Gasteiger partial charge on any atom is -0.459 e. The van der Waals surface area contributed by atoms with E-state index in [1.807, 2.05) is 20.8 Å². The van der Waals surface area contributed by atoms with Gasteiger partial charge in [0, 0.05) is 12.6 Å². The summed E-state index contributed by atoms with van der Waals surface area (Å²) in [4.78, 5) is 13.9. The van der Waals surface area contributed by atoms with Gasteiger partial charge in [0.05, 0.1) is 6.54 Å². The van der Waals surface area contributed by atoms with Gasteiger partial charge in [-0.25, -0.2) is 0 Å². The lowest BCUT2D eigenvalue weighted by Gasteiger charge is -2.35. The van der Waals surface area contributed by atoms with Crippen LogP contribution in [0.5, 0.6) is 0 Å². The van der Waals surface area contributed by atoms with Crippen molar-refractivity contribution in [2.24, 2.45) is 5.92 Å². The van der Waals surface area contributed by atoms with Crippen LogP contribution in [0.4, 0.5) is 0 Å². The molecule has 0 aromatic rings. The van der Waals surface area contributed by atoms with E-state index in [1.165, 1.54) is 0 Å². The molecule has 2 atom stereocenters. The molecule has 1 N–H and O–H groups in total. The van der Waals surface area contributed by atoms with E-state index in [1.54, 1.807) is 0 Å². The lowest BCUT2D eigenvalue weighted by Crippen LogP contribution is -2.48. The summed E-state index contributed by atoms with van der Waals surface area (Å²) in [6, 6.07) is 0.429. The topological polar surface area (TPSA) is 41.6 Å². The Morgan fingerprint density at radius 3 is 2.65 bits per heavy atom. The number of nitrogens with one attached hydrogen (secondary N) is 1. The lowest BCUT2D eigenvalue weighted by molar-refractivity contribution is -0.153. The summed E-state index contributed by atoms with van der Waals surface area (Å²) in [6.07, 6.45) is 1.10. The second kappa shape index (κ2) is 5.83. The van der Waals surface area contributed by atoms with Crippen molar-refractivity contribution in [3.8, 4) is 0 Å². The molecule has 0 saturated carbocycles. The number of piperidine rings is 1. The SMILES string of the molecule is CC1CN(C)CCC1NCC(=O)OC(C)(C)C. The smallest absolute Gasteiger partial charge is 0.320 e. The Balaban J connectivity index is 2.28. The van der Waals surface area contributed by atoms with E-state index in [-0.39, 0.29) is 5.97 Å². The third kappa shape index (κ3) is 5.50. The van der Waals surface area contributed by atoms with Crippen molar-refractivity contribution in [1.82, 2.24) is 10.2 Å². The number of carbonyl (C=O) groups excluding carboxylic acids is 1. The standard InChI is InChI=1S/C13H26N2O2/c1-10-9-15(5)7-6-11(10)14-8-12(16)17-13(2,3)4/h10-11,14H,6-9H2,1-5H3. The first-order valence-electron chi connectivity index (χ1n) is 6.42. The quantitative estimate of drug-likeness (QED) is 0.757. The number of rotatable bonds is 3. The zero-order valence-corrected chi connectivity index (χ0v) is 11.7. The van der Waals surface area contributed by atoms with Crippen LogP contribution in [0.3, 0.4) is 0 Å². The summed E-state index contributed by atoms with van der Waals surface area (Å²) >= 11 is 0. The molecule has 0 spiro atoms. The molecule has 4 nitrogen and oxygen atoms in total. The fraction of sp³-hybridized carbons (Fsp3) is 0.923. The van der Waals surface area contributed by atoms with Crippen molar-refractivity contribution in [1.29, 1.82) is 0 Å². The van der Waals surface area contributed by atoms with Crippen molar-refractivity contribution in [3.63, 3.8) is 0 Å². The first-order chi connectivity index (χ1) is 7.78. The summed E-state index contributed by atoms with van der Waals surface area (Å²) in [7, 11) is 2.14. The van der Waals surface area contributed by atoms with E-state index < -0.39 is 5.60 Å². The summed E-state index contributed by atoms with van der Waals surface area (Å²) in [5, 5.41) is 3.31. The van der Waals surface area contributed by atoms with Gasteiger partial charge in [-0.1, -0.05) is 6.92 Å². The number of carbonyl (C=O) groups is 1. The van der Waals surface area contributed by atoms with Crippen LogP contribution in [0.15, 0.2) is 0 Å². The zero-order chi connectivity index (χ0) is 13.1. The van der Waals surface area contributed by atoms with Crippen molar-refractivity contribution in [2.45, 2.75) is 45.8 Å². The largest absolute Gasteiger partial charge is 0.459 e. The fourth-order valence-electron chi connectivity index (χ4n) is 2.25. The molecule has 0 bridgehead atoms. The van der Waals surface area contributed by atoms with Gasteiger partial charge in [0.25, 0.3) is 0 Å². The van der Waals surface area contributed by atoms with E-state index in [2.05, 4.69) is 24.2 Å². The predicted octanol–water partition coefficient (Wildman–Crippen LogP) is 1.26. The number of hydrogen-bond acceptors (Lipinski definition) is 4. The van der Waals surface area contributed by atoms with Crippen LogP contribution in [-0.2, 0) is 9.53 Å². The molecule has 0 aromatic heterocycles. The van der Waals surface area contributed by atoms with Crippen LogP contribution in [0.1, 0.15) is 34.1 Å². The Hall–Kier alpha value is -0.610. The third-order valence-corrected chi connectivity index (χ3v) is 3.04. The summed E-state index contributed by atoms with van der Waals surface area (Å²) in [6.45, 7) is 10.4. The molecule has 0 aromatic carbocycles. The molecular weight excluding hydrogens is 216 g/mol. The molecule has 2 unspecified atom stereocenters. The van der Waals surface area contributed by atoms with Crippen LogP contribution >= 0.6 is 0 Å². The fourth-order valence-corrected chi connectivity index (χ4v) is 2.25. The molecule has 1 fully saturated rings. The highest BCUT2D eigenvalue weighted by Gasteiger charge is 2.25. The Morgan fingerprint density at radius 1 is 1.47 bits per heavy atom. The van der Waals surface area contributed by atoms with E-state index in [9.17, 15) is 4.79 Å². The molecule has 1 saturated heterocycles. The highest BCUT2D eigenvalue weighted by atomic mass is 16.6. The minimum atomic E-state index is -0.392. The van der Waals surface area contributed by atoms with E-state index in [0.717, 1.165) is 19.5 Å². The molecule has 4 heteroatoms. The van der Waals surface area contributed by atoms with Gasteiger partial charge in [0.1, 0.15) is 5.60 Å². The van der Waals surface area contributed by atoms with Crippen molar-refractivity contribution in [3.05, 3.63) is 0 Å². The van der Waals surface area contributed by atoms with Gasteiger partial charge >= 0.3 is 5.97 Å². The monoisotopic (exact) mass is 242 g/mol. The van der Waals surface area contributed by atoms with Gasteiger partial charge < -0.3 is 15.0 Å². The zero-order valence-electron chi connectivity index (χ0n) is 11.7. The van der Waals surface area contributed by atoms with Crippen LogP contribution in [0.25, 0.3) is 0 Å². The molecular formula is C13H26N2O2. The van der Waals surface area contributed by atoms with E-state index in [4.69, 9.17) is 4.74 Å². The number of ether oxygens (including phenoxy) is 1. The normalized spacial score (nSPS) is 26.9. The average Bonchev–Trinajstić information content (AvgIpc) is 2.13. The van der Waals surface area contributed by atoms with Gasteiger partial charge in [-0.3, -0.25) is 4.79 Å². The third-order valence-electron chi connectivity index (χ3n) is 3.04. The Labute approximate surface area is 105 Å². The maximum absolute atomic E-state index is 11.6. The minimum absolute atomic E-state index is 0.163. The Bertz CT molecular complexity index is 261. The number of likely N-dealkylation sites (tertiary alicyclic amines) is 1. The first-order valence-corrected chi connectivity index (χ1v) is 6.42. The van der Waals surface area contributed by atoms with E-state index >= 15 is 0 Å². The molecule has 0 radical (unpaired) electrons. The molecule has 1 rings (SSSR count). The molecule has 100 valence electrons. The number of esters is 1. The van der Waals surface area contributed by atoms with Crippen LogP contribution in [-0.4, -0.2) is 49.2 Å². The van der Waals surface area contributed by atoms with Gasteiger partial charge in [0.15, 0.2) is 0 Å². The number of hydrogen-bond donors (Lipinski definition) is 1. The van der Waals surface area contributed by atoms with Crippen molar-refractivity contribution < 1.29 is 9.53 Å².